The molecule has 2 heterocycles. The molecule has 0 fully saturated rings. The number of thiol groups is 1. The van der Waals surface area contributed by atoms with Crippen LogP contribution < -0.4 is 4.74 Å². The highest BCUT2D eigenvalue weighted by Crippen LogP contribution is 2.41. The summed E-state index contributed by atoms with van der Waals surface area (Å²) in [7, 11) is 1.70. The Morgan fingerprint density at radius 3 is 2.85 bits per heavy atom. The second-order valence-corrected chi connectivity index (χ2v) is 6.90. The summed E-state index contributed by atoms with van der Waals surface area (Å²) in [6.45, 7) is 2.21. The first-order valence-electron chi connectivity index (χ1n) is 8.85. The smallest absolute Gasteiger partial charge is 0.178 e. The van der Waals surface area contributed by atoms with Crippen molar-refractivity contribution in [1.29, 1.82) is 0 Å². The summed E-state index contributed by atoms with van der Waals surface area (Å²) in [6.07, 6.45) is 5.18. The number of unbranched alkanes of at least 4 members (excludes halogenated alkanes) is 1. The fourth-order valence-electron chi connectivity index (χ4n) is 3.34. The lowest BCUT2D eigenvalue weighted by molar-refractivity contribution is 0.420. The Morgan fingerprint density at radius 1 is 1.19 bits per heavy atom. The van der Waals surface area contributed by atoms with E-state index in [1.807, 2.05) is 12.1 Å². The first-order chi connectivity index (χ1) is 12.7. The number of aryl methyl sites for hydroxylation is 1. The molecular weight excluding hydrogens is 342 g/mol. The predicted molar refractivity (Wildman–Crippen MR) is 109 cm³/mol. The van der Waals surface area contributed by atoms with Gasteiger partial charge in [0.1, 0.15) is 11.6 Å². The van der Waals surface area contributed by atoms with Crippen molar-refractivity contribution in [2.45, 2.75) is 31.1 Å². The highest BCUT2D eigenvalue weighted by molar-refractivity contribution is 7.80. The SMILES string of the molecule is CCCCc1ccc2cc(S)c(-c3nc4ncccc4[nH]3)c(OC)c2c1. The van der Waals surface area contributed by atoms with Gasteiger partial charge in [0.05, 0.1) is 18.2 Å². The monoisotopic (exact) mass is 363 g/mol. The molecule has 0 atom stereocenters. The molecule has 0 aliphatic heterocycles. The van der Waals surface area contributed by atoms with Crippen molar-refractivity contribution >= 4 is 34.6 Å². The highest BCUT2D eigenvalue weighted by Gasteiger charge is 2.18. The number of hydrogen-bond donors (Lipinski definition) is 2. The van der Waals surface area contributed by atoms with E-state index in [1.165, 1.54) is 18.4 Å². The third-order valence-corrected chi connectivity index (χ3v) is 5.01. The molecule has 0 unspecified atom stereocenters. The zero-order valence-corrected chi connectivity index (χ0v) is 15.8. The maximum Gasteiger partial charge on any atom is 0.178 e. The summed E-state index contributed by atoms with van der Waals surface area (Å²) in [5.41, 5.74) is 3.78. The molecule has 0 bridgehead atoms. The van der Waals surface area contributed by atoms with Crippen molar-refractivity contribution < 1.29 is 4.74 Å². The summed E-state index contributed by atoms with van der Waals surface area (Å²) < 4.78 is 5.82. The van der Waals surface area contributed by atoms with Crippen LogP contribution in [0.15, 0.2) is 47.5 Å². The summed E-state index contributed by atoms with van der Waals surface area (Å²) in [6, 6.07) is 12.5. The van der Waals surface area contributed by atoms with Crippen molar-refractivity contribution in [2.24, 2.45) is 0 Å². The number of nitrogens with zero attached hydrogens (tertiary/aromatic N) is 2. The van der Waals surface area contributed by atoms with Gasteiger partial charge in [-0.3, -0.25) is 0 Å². The van der Waals surface area contributed by atoms with Gasteiger partial charge < -0.3 is 9.72 Å². The van der Waals surface area contributed by atoms with Crippen molar-refractivity contribution in [2.75, 3.05) is 7.11 Å². The number of aromatic nitrogens is 3. The Morgan fingerprint density at radius 2 is 2.08 bits per heavy atom. The van der Waals surface area contributed by atoms with E-state index in [0.717, 1.165) is 44.7 Å². The topological polar surface area (TPSA) is 50.8 Å². The molecule has 1 N–H and O–H groups in total. The minimum absolute atomic E-state index is 0.689. The van der Waals surface area contributed by atoms with Crippen molar-refractivity contribution in [3.8, 4) is 17.1 Å². The van der Waals surface area contributed by atoms with Gasteiger partial charge in [-0.1, -0.05) is 25.5 Å². The first kappa shape index (κ1) is 16.9. The molecule has 0 aliphatic rings. The van der Waals surface area contributed by atoms with Crippen LogP contribution in [0.5, 0.6) is 5.75 Å². The standard InChI is InChI=1S/C21H21N3OS/c1-3-4-6-13-8-9-14-12-17(26)18(19(25-2)15(14)11-13)21-23-16-7-5-10-22-20(16)24-21/h5,7-12,26H,3-4,6H2,1-2H3,(H,22,23,24). The zero-order chi connectivity index (χ0) is 18.1. The number of fused-ring (bicyclic) bond motifs is 2. The van der Waals surface area contributed by atoms with Gasteiger partial charge in [-0.2, -0.15) is 0 Å². The Balaban J connectivity index is 1.93. The predicted octanol–water partition coefficient (Wildman–Crippen LogP) is 5.42. The number of methoxy groups -OCH3 is 1. The number of H-pyrrole nitrogens is 1. The Kier molecular flexibility index (Phi) is 4.55. The van der Waals surface area contributed by atoms with E-state index in [-0.39, 0.29) is 0 Å². The van der Waals surface area contributed by atoms with E-state index < -0.39 is 0 Å². The number of ether oxygens (including phenoxy) is 1. The quantitative estimate of drug-likeness (QED) is 0.466. The third-order valence-electron chi connectivity index (χ3n) is 4.66. The molecule has 5 heteroatoms. The molecule has 132 valence electrons. The lowest BCUT2D eigenvalue weighted by Crippen LogP contribution is -1.94. The van der Waals surface area contributed by atoms with Crippen LogP contribution in [0, 0.1) is 0 Å². The van der Waals surface area contributed by atoms with Crippen molar-refractivity contribution in [3.05, 3.63) is 48.2 Å². The van der Waals surface area contributed by atoms with Gasteiger partial charge in [-0.05, 0) is 48.1 Å². The van der Waals surface area contributed by atoms with Crippen LogP contribution >= 0.6 is 12.6 Å². The average molecular weight is 363 g/mol. The zero-order valence-electron chi connectivity index (χ0n) is 14.9. The van der Waals surface area contributed by atoms with E-state index in [4.69, 9.17) is 17.4 Å². The second-order valence-electron chi connectivity index (χ2n) is 6.42. The molecule has 0 saturated heterocycles. The molecule has 0 saturated carbocycles. The Labute approximate surface area is 158 Å². The number of imidazole rings is 1. The number of hydrogen-bond acceptors (Lipinski definition) is 4. The number of aromatic amines is 1. The Bertz CT molecular complexity index is 1050. The van der Waals surface area contributed by atoms with Crippen LogP contribution in [0.3, 0.4) is 0 Å². The average Bonchev–Trinajstić information content (AvgIpc) is 3.08. The largest absolute Gasteiger partial charge is 0.495 e. The van der Waals surface area contributed by atoms with Gasteiger partial charge in [0.15, 0.2) is 5.65 Å². The minimum Gasteiger partial charge on any atom is -0.495 e. The van der Waals surface area contributed by atoms with E-state index in [2.05, 4.69) is 46.1 Å². The van der Waals surface area contributed by atoms with Gasteiger partial charge in [0.2, 0.25) is 0 Å². The normalized spacial score (nSPS) is 11.3. The highest BCUT2D eigenvalue weighted by atomic mass is 32.1. The van der Waals surface area contributed by atoms with E-state index in [0.29, 0.717) is 5.65 Å². The molecule has 26 heavy (non-hydrogen) atoms. The molecule has 2 aromatic carbocycles. The summed E-state index contributed by atoms with van der Waals surface area (Å²) in [4.78, 5) is 13.1. The van der Waals surface area contributed by atoms with Gasteiger partial charge in [0, 0.05) is 16.5 Å². The van der Waals surface area contributed by atoms with E-state index in [9.17, 15) is 0 Å². The van der Waals surface area contributed by atoms with Crippen molar-refractivity contribution in [1.82, 2.24) is 15.0 Å². The fourth-order valence-corrected chi connectivity index (χ4v) is 3.68. The van der Waals surface area contributed by atoms with Crippen molar-refractivity contribution in [3.63, 3.8) is 0 Å². The minimum atomic E-state index is 0.689. The van der Waals surface area contributed by atoms with Crippen LogP contribution in [-0.4, -0.2) is 22.1 Å². The van der Waals surface area contributed by atoms with Gasteiger partial charge in [-0.25, -0.2) is 9.97 Å². The lowest BCUT2D eigenvalue weighted by Gasteiger charge is -2.14. The molecule has 4 rings (SSSR count). The van der Waals surface area contributed by atoms with E-state index >= 15 is 0 Å². The first-order valence-corrected chi connectivity index (χ1v) is 9.29. The van der Waals surface area contributed by atoms with Crippen LogP contribution in [0.1, 0.15) is 25.3 Å². The molecule has 0 aliphatic carbocycles. The number of rotatable bonds is 5. The molecule has 0 radical (unpaired) electrons. The Hall–Kier alpha value is -2.53. The second kappa shape index (κ2) is 7.00. The van der Waals surface area contributed by atoms with Gasteiger partial charge in [0.25, 0.3) is 0 Å². The molecule has 4 aromatic rings. The van der Waals surface area contributed by atoms with Gasteiger partial charge >= 0.3 is 0 Å². The van der Waals surface area contributed by atoms with Crippen LogP contribution in [0.2, 0.25) is 0 Å². The number of benzene rings is 2. The maximum atomic E-state index is 5.82. The number of pyridine rings is 1. The van der Waals surface area contributed by atoms with Crippen LogP contribution in [0.25, 0.3) is 33.3 Å². The number of nitrogens with one attached hydrogen (secondary N) is 1. The van der Waals surface area contributed by atoms with E-state index in [1.54, 1.807) is 13.3 Å². The molecule has 0 spiro atoms. The fraction of sp³-hybridized carbons (Fsp3) is 0.238. The molecular formula is C21H21N3OS. The lowest BCUT2D eigenvalue weighted by atomic mass is 10.00. The van der Waals surface area contributed by atoms with Gasteiger partial charge in [-0.15, -0.1) is 12.6 Å². The summed E-state index contributed by atoms with van der Waals surface area (Å²) >= 11 is 4.71. The maximum absolute atomic E-state index is 5.82. The van der Waals surface area contributed by atoms with Crippen LogP contribution in [0.4, 0.5) is 0 Å². The third kappa shape index (κ3) is 2.92. The van der Waals surface area contributed by atoms with Crippen LogP contribution in [-0.2, 0) is 6.42 Å². The summed E-state index contributed by atoms with van der Waals surface area (Å²) in [5, 5.41) is 2.20. The molecule has 0 amide bonds. The molecule has 4 nitrogen and oxygen atoms in total. The molecule has 2 aromatic heterocycles. The summed E-state index contributed by atoms with van der Waals surface area (Å²) in [5.74, 6) is 1.52.